The Morgan fingerprint density at radius 2 is 2.17 bits per heavy atom. The van der Waals surface area contributed by atoms with Crippen molar-refractivity contribution >= 4 is 23.0 Å². The smallest absolute Gasteiger partial charge is 0.173 e. The zero-order valence-corrected chi connectivity index (χ0v) is 12.3. The van der Waals surface area contributed by atoms with Gasteiger partial charge in [0.1, 0.15) is 0 Å². The molecule has 0 amide bonds. The van der Waals surface area contributed by atoms with E-state index in [0.717, 1.165) is 24.6 Å². The van der Waals surface area contributed by atoms with Gasteiger partial charge in [0.05, 0.1) is 0 Å². The maximum Gasteiger partial charge on any atom is 0.173 e. The molecule has 0 bridgehead atoms. The number of rotatable bonds is 2. The van der Waals surface area contributed by atoms with Crippen molar-refractivity contribution < 1.29 is 0 Å². The van der Waals surface area contributed by atoms with Crippen molar-refractivity contribution in [3.63, 3.8) is 0 Å². The molecule has 1 aliphatic rings. The largest absolute Gasteiger partial charge is 0.362 e. The average Bonchev–Trinajstić information content (AvgIpc) is 2.34. The van der Waals surface area contributed by atoms with Crippen molar-refractivity contribution in [3.05, 3.63) is 29.8 Å². The second-order valence-electron chi connectivity index (χ2n) is 5.63. The van der Waals surface area contributed by atoms with Gasteiger partial charge in [0.25, 0.3) is 0 Å². The van der Waals surface area contributed by atoms with Crippen molar-refractivity contribution in [1.82, 2.24) is 5.32 Å². The Kier molecular flexibility index (Phi) is 4.23. The molecular formula is C15H22N2S. The quantitative estimate of drug-likeness (QED) is 0.824. The van der Waals surface area contributed by atoms with E-state index in [9.17, 15) is 0 Å². The van der Waals surface area contributed by atoms with E-state index in [0.29, 0.717) is 11.8 Å². The Labute approximate surface area is 115 Å². The molecule has 1 aliphatic heterocycles. The maximum absolute atomic E-state index is 5.54. The predicted molar refractivity (Wildman–Crippen MR) is 82.1 cm³/mol. The molecule has 3 heteroatoms. The summed E-state index contributed by atoms with van der Waals surface area (Å²) in [5, 5.41) is 4.23. The minimum atomic E-state index is 0.611. The molecule has 0 saturated carbocycles. The van der Waals surface area contributed by atoms with Crippen LogP contribution in [0.2, 0.25) is 0 Å². The number of hydrogen-bond donors (Lipinski definition) is 1. The van der Waals surface area contributed by atoms with Gasteiger partial charge in [-0.1, -0.05) is 39.0 Å². The van der Waals surface area contributed by atoms with Crippen LogP contribution in [0.25, 0.3) is 0 Å². The standard InChI is InChI=1S/C15H22N2S/c1-11(2)9-16-15(18)17-10-12(3)8-13-6-4-5-7-14(13)17/h4-7,11-12H,8-10H2,1-3H3,(H,16,18). The molecule has 2 nitrogen and oxygen atoms in total. The Morgan fingerprint density at radius 3 is 2.89 bits per heavy atom. The van der Waals surface area contributed by atoms with E-state index >= 15 is 0 Å². The molecule has 0 aliphatic carbocycles. The minimum absolute atomic E-state index is 0.611. The number of fused-ring (bicyclic) bond motifs is 1. The van der Waals surface area contributed by atoms with Gasteiger partial charge in [-0.15, -0.1) is 0 Å². The number of hydrogen-bond acceptors (Lipinski definition) is 1. The topological polar surface area (TPSA) is 15.3 Å². The van der Waals surface area contributed by atoms with Crippen molar-refractivity contribution in [1.29, 1.82) is 0 Å². The van der Waals surface area contributed by atoms with Crippen molar-refractivity contribution in [2.75, 3.05) is 18.0 Å². The van der Waals surface area contributed by atoms with Gasteiger partial charge in [0.15, 0.2) is 5.11 Å². The first-order valence-electron chi connectivity index (χ1n) is 6.71. The molecule has 1 unspecified atom stereocenters. The van der Waals surface area contributed by atoms with Crippen LogP contribution in [-0.4, -0.2) is 18.2 Å². The lowest BCUT2D eigenvalue weighted by atomic mass is 9.94. The molecule has 0 fully saturated rings. The Morgan fingerprint density at radius 1 is 1.44 bits per heavy atom. The lowest BCUT2D eigenvalue weighted by molar-refractivity contribution is 0.560. The van der Waals surface area contributed by atoms with Crippen LogP contribution in [-0.2, 0) is 6.42 Å². The fourth-order valence-electron chi connectivity index (χ4n) is 2.38. The fraction of sp³-hybridized carbons (Fsp3) is 0.533. The van der Waals surface area contributed by atoms with Gasteiger partial charge in [-0.05, 0) is 42.1 Å². The van der Waals surface area contributed by atoms with Gasteiger partial charge in [-0.3, -0.25) is 0 Å². The molecule has 1 aromatic rings. The summed E-state index contributed by atoms with van der Waals surface area (Å²) >= 11 is 5.54. The van der Waals surface area contributed by atoms with Crippen LogP contribution >= 0.6 is 12.2 Å². The van der Waals surface area contributed by atoms with Gasteiger partial charge in [0, 0.05) is 18.8 Å². The van der Waals surface area contributed by atoms with Crippen LogP contribution in [0.3, 0.4) is 0 Å². The van der Waals surface area contributed by atoms with Crippen LogP contribution in [0, 0.1) is 11.8 Å². The summed E-state index contributed by atoms with van der Waals surface area (Å²) in [5.74, 6) is 1.26. The molecule has 0 radical (unpaired) electrons. The van der Waals surface area contributed by atoms with Crippen molar-refractivity contribution in [2.24, 2.45) is 11.8 Å². The molecule has 1 atom stereocenters. The first-order valence-corrected chi connectivity index (χ1v) is 7.12. The van der Waals surface area contributed by atoms with Crippen LogP contribution in [0.5, 0.6) is 0 Å². The monoisotopic (exact) mass is 262 g/mol. The predicted octanol–water partition coefficient (Wildman–Crippen LogP) is 3.22. The summed E-state index contributed by atoms with van der Waals surface area (Å²) in [5.41, 5.74) is 2.68. The van der Waals surface area contributed by atoms with E-state index in [4.69, 9.17) is 12.2 Å². The van der Waals surface area contributed by atoms with Gasteiger partial charge < -0.3 is 10.2 Å². The molecule has 0 aromatic heterocycles. The third kappa shape index (κ3) is 3.02. The lowest BCUT2D eigenvalue weighted by Crippen LogP contribution is -2.45. The zero-order valence-electron chi connectivity index (χ0n) is 11.4. The van der Waals surface area contributed by atoms with E-state index < -0.39 is 0 Å². The fourth-order valence-corrected chi connectivity index (χ4v) is 2.63. The minimum Gasteiger partial charge on any atom is -0.362 e. The van der Waals surface area contributed by atoms with E-state index in [1.807, 2.05) is 0 Å². The second kappa shape index (κ2) is 5.70. The normalized spacial score (nSPS) is 18.7. The number of thiocarbonyl (C=S) groups is 1. The number of nitrogens with one attached hydrogen (secondary N) is 1. The molecule has 98 valence electrons. The summed E-state index contributed by atoms with van der Waals surface area (Å²) in [7, 11) is 0. The van der Waals surface area contributed by atoms with E-state index in [2.05, 4.69) is 55.3 Å². The van der Waals surface area contributed by atoms with Crippen molar-refractivity contribution in [2.45, 2.75) is 27.2 Å². The lowest BCUT2D eigenvalue weighted by Gasteiger charge is -2.35. The summed E-state index contributed by atoms with van der Waals surface area (Å²) in [6, 6.07) is 8.58. The highest BCUT2D eigenvalue weighted by Gasteiger charge is 2.23. The number of anilines is 1. The first-order chi connectivity index (χ1) is 8.58. The van der Waals surface area contributed by atoms with E-state index in [1.54, 1.807) is 0 Å². The van der Waals surface area contributed by atoms with Gasteiger partial charge in [0.2, 0.25) is 0 Å². The number of nitrogens with zero attached hydrogens (tertiary/aromatic N) is 1. The molecule has 1 heterocycles. The first kappa shape index (κ1) is 13.3. The molecular weight excluding hydrogens is 240 g/mol. The SMILES string of the molecule is CC(C)CNC(=S)N1CC(C)Cc2ccccc21. The third-order valence-electron chi connectivity index (χ3n) is 3.25. The molecule has 18 heavy (non-hydrogen) atoms. The number of benzene rings is 1. The van der Waals surface area contributed by atoms with Gasteiger partial charge >= 0.3 is 0 Å². The van der Waals surface area contributed by atoms with Crippen LogP contribution in [0.1, 0.15) is 26.3 Å². The van der Waals surface area contributed by atoms with E-state index in [1.165, 1.54) is 11.3 Å². The van der Waals surface area contributed by atoms with Crippen LogP contribution in [0.15, 0.2) is 24.3 Å². The van der Waals surface area contributed by atoms with E-state index in [-0.39, 0.29) is 0 Å². The summed E-state index contributed by atoms with van der Waals surface area (Å²) < 4.78 is 0. The maximum atomic E-state index is 5.54. The third-order valence-corrected chi connectivity index (χ3v) is 3.62. The molecule has 2 rings (SSSR count). The average molecular weight is 262 g/mol. The molecule has 1 N–H and O–H groups in total. The second-order valence-corrected chi connectivity index (χ2v) is 6.02. The van der Waals surface area contributed by atoms with Crippen LogP contribution < -0.4 is 10.2 Å². The highest BCUT2D eigenvalue weighted by atomic mass is 32.1. The summed E-state index contributed by atoms with van der Waals surface area (Å²) in [6.07, 6.45) is 1.15. The zero-order chi connectivity index (χ0) is 13.1. The summed E-state index contributed by atoms with van der Waals surface area (Å²) in [6.45, 7) is 8.63. The summed E-state index contributed by atoms with van der Waals surface area (Å²) in [4.78, 5) is 2.25. The highest BCUT2D eigenvalue weighted by Crippen LogP contribution is 2.29. The Balaban J connectivity index is 2.15. The van der Waals surface area contributed by atoms with Crippen molar-refractivity contribution in [3.8, 4) is 0 Å². The molecule has 0 saturated heterocycles. The van der Waals surface area contributed by atoms with Crippen LogP contribution in [0.4, 0.5) is 5.69 Å². The molecule has 1 aromatic carbocycles. The Hall–Kier alpha value is -1.09. The number of para-hydroxylation sites is 1. The highest BCUT2D eigenvalue weighted by molar-refractivity contribution is 7.80. The molecule has 0 spiro atoms. The Bertz CT molecular complexity index is 428. The van der Waals surface area contributed by atoms with Gasteiger partial charge in [-0.25, -0.2) is 0 Å². The van der Waals surface area contributed by atoms with Gasteiger partial charge in [-0.2, -0.15) is 0 Å².